The number of aromatic amines is 1. The van der Waals surface area contributed by atoms with Crippen LogP contribution in [0.4, 0.5) is 10.3 Å². The Hall–Kier alpha value is -2.97. The summed E-state index contributed by atoms with van der Waals surface area (Å²) >= 11 is 6.46. The lowest BCUT2D eigenvalue weighted by Gasteiger charge is -2.40. The molecule has 2 aromatic heterocycles. The van der Waals surface area contributed by atoms with Crippen molar-refractivity contribution in [3.8, 4) is 11.3 Å². The summed E-state index contributed by atoms with van der Waals surface area (Å²) in [5.74, 6) is 0.374. The number of nitrogens with zero attached hydrogens (tertiary/aromatic N) is 3. The molecule has 2 aliphatic rings. The number of benzene rings is 1. The average Bonchev–Trinajstić information content (AvgIpc) is 3.32. The van der Waals surface area contributed by atoms with Gasteiger partial charge in [0.05, 0.1) is 16.9 Å². The second-order valence-corrected chi connectivity index (χ2v) is 10.4. The molecule has 1 aliphatic heterocycles. The van der Waals surface area contributed by atoms with Crippen molar-refractivity contribution in [2.24, 2.45) is 0 Å². The Kier molecular flexibility index (Phi) is 7.25. The van der Waals surface area contributed by atoms with Gasteiger partial charge in [0.1, 0.15) is 5.67 Å². The molecule has 9 heteroatoms. The van der Waals surface area contributed by atoms with Gasteiger partial charge in [0.2, 0.25) is 11.9 Å². The van der Waals surface area contributed by atoms with Crippen molar-refractivity contribution >= 4 is 34.4 Å². The zero-order valence-corrected chi connectivity index (χ0v) is 21.0. The summed E-state index contributed by atoms with van der Waals surface area (Å²) in [7, 11) is 0. The predicted molar refractivity (Wildman–Crippen MR) is 142 cm³/mol. The summed E-state index contributed by atoms with van der Waals surface area (Å²) in [5, 5.41) is 7.90. The molecule has 0 atom stereocenters. The second kappa shape index (κ2) is 10.6. The first-order valence-corrected chi connectivity index (χ1v) is 13.0. The molecule has 0 radical (unpaired) electrons. The lowest BCUT2D eigenvalue weighted by atomic mass is 9.83. The van der Waals surface area contributed by atoms with Crippen molar-refractivity contribution in [3.05, 3.63) is 54.3 Å². The first kappa shape index (κ1) is 24.7. The average molecular weight is 511 g/mol. The molecule has 1 saturated heterocycles. The summed E-state index contributed by atoms with van der Waals surface area (Å²) in [4.78, 5) is 26.1. The number of fused-ring (bicyclic) bond motifs is 1. The van der Waals surface area contributed by atoms with E-state index < -0.39 is 5.67 Å². The number of halogens is 2. The lowest BCUT2D eigenvalue weighted by molar-refractivity contribution is -0.117. The molecule has 1 aliphatic carbocycles. The maximum atomic E-state index is 15.7. The number of carbonyl (C=O) groups excluding carboxylic acids is 1. The van der Waals surface area contributed by atoms with Gasteiger partial charge in [-0.05, 0) is 50.7 Å². The molecule has 0 unspecified atom stereocenters. The number of carbonyl (C=O) groups is 1. The van der Waals surface area contributed by atoms with Crippen LogP contribution in [0, 0.1) is 0 Å². The van der Waals surface area contributed by atoms with Crippen molar-refractivity contribution in [3.63, 3.8) is 0 Å². The number of rotatable bonds is 7. The van der Waals surface area contributed by atoms with E-state index in [1.54, 1.807) is 6.20 Å². The first-order valence-electron chi connectivity index (χ1n) is 12.6. The van der Waals surface area contributed by atoms with Gasteiger partial charge in [-0.2, -0.15) is 0 Å². The van der Waals surface area contributed by atoms with Crippen LogP contribution in [-0.2, 0) is 4.79 Å². The Labute approximate surface area is 215 Å². The molecule has 0 spiro atoms. The minimum atomic E-state index is -1.19. The topological polar surface area (TPSA) is 85.9 Å². The van der Waals surface area contributed by atoms with Crippen molar-refractivity contribution in [1.82, 2.24) is 25.2 Å². The Bertz CT molecular complexity index is 1230. The number of H-pyrrole nitrogens is 1. The lowest BCUT2D eigenvalue weighted by Crippen LogP contribution is -2.50. The van der Waals surface area contributed by atoms with Crippen LogP contribution in [0.15, 0.2) is 49.3 Å². The van der Waals surface area contributed by atoms with Gasteiger partial charge < -0.3 is 20.5 Å². The molecule has 36 heavy (non-hydrogen) atoms. The number of amides is 1. The fourth-order valence-electron chi connectivity index (χ4n) is 5.41. The number of hydrogen-bond acceptors (Lipinski definition) is 5. The number of nitrogens with one attached hydrogen (secondary N) is 3. The summed E-state index contributed by atoms with van der Waals surface area (Å²) in [6.45, 7) is 5.54. The van der Waals surface area contributed by atoms with E-state index in [0.29, 0.717) is 36.1 Å². The molecule has 0 bridgehead atoms. The third-order valence-corrected chi connectivity index (χ3v) is 7.71. The molecule has 1 aromatic carbocycles. The normalized spacial score (nSPS) is 23.4. The van der Waals surface area contributed by atoms with E-state index in [4.69, 9.17) is 16.6 Å². The smallest absolute Gasteiger partial charge is 0.243 e. The Morgan fingerprint density at radius 1 is 1.22 bits per heavy atom. The highest BCUT2D eigenvalue weighted by molar-refractivity contribution is 6.33. The fourth-order valence-corrected chi connectivity index (χ4v) is 5.60. The van der Waals surface area contributed by atoms with Crippen molar-refractivity contribution in [2.75, 3.05) is 25.0 Å². The van der Waals surface area contributed by atoms with Crippen LogP contribution in [0.2, 0.25) is 5.02 Å². The fraction of sp³-hybridized carbons (Fsp3) is 0.444. The summed E-state index contributed by atoms with van der Waals surface area (Å²) in [5.41, 5.74) is 1.44. The molecule has 2 fully saturated rings. The van der Waals surface area contributed by atoms with Crippen molar-refractivity contribution in [2.45, 2.75) is 56.3 Å². The van der Waals surface area contributed by atoms with Gasteiger partial charge in [-0.1, -0.05) is 36.4 Å². The largest absolute Gasteiger partial charge is 0.360 e. The number of alkyl halides is 1. The van der Waals surface area contributed by atoms with Crippen LogP contribution in [0.3, 0.4) is 0 Å². The first-order chi connectivity index (χ1) is 17.4. The number of likely N-dealkylation sites (tertiary alicyclic amines) is 1. The molecule has 190 valence electrons. The standard InChI is InChI=1S/C27H32ClFN6O/c1-2-24(36)32-19-9-13-35(14-10-19)17-27(29)11-7-18(8-12-27)33-26-31-16-22(28)25(34-26)21-15-30-23-6-4-3-5-20(21)23/h2-6,15-16,18-19,30H,1,7-14,17H2,(H,32,36)(H,31,33,34). The SMILES string of the molecule is C=CC(=O)NC1CCN(CC2(F)CCC(Nc3ncc(Cl)c(-c4c[nH]c5ccccc45)n3)CC2)CC1. The molecule has 3 heterocycles. The van der Waals surface area contributed by atoms with Crippen LogP contribution in [-0.4, -0.2) is 63.1 Å². The van der Waals surface area contributed by atoms with Gasteiger partial charge >= 0.3 is 0 Å². The van der Waals surface area contributed by atoms with E-state index in [2.05, 4.69) is 32.1 Å². The highest BCUT2D eigenvalue weighted by Gasteiger charge is 2.38. The molecule has 7 nitrogen and oxygen atoms in total. The summed E-state index contributed by atoms with van der Waals surface area (Å²) in [6.07, 6.45) is 8.95. The highest BCUT2D eigenvalue weighted by atomic mass is 35.5. The van der Waals surface area contributed by atoms with E-state index in [1.807, 2.05) is 30.5 Å². The Morgan fingerprint density at radius 2 is 1.97 bits per heavy atom. The Morgan fingerprint density at radius 3 is 2.72 bits per heavy atom. The molecule has 5 rings (SSSR count). The van der Waals surface area contributed by atoms with Gasteiger partial charge in [-0.15, -0.1) is 0 Å². The Balaban J connectivity index is 1.16. The molecule has 1 amide bonds. The minimum absolute atomic E-state index is 0.116. The monoisotopic (exact) mass is 510 g/mol. The van der Waals surface area contributed by atoms with Crippen LogP contribution >= 0.6 is 11.6 Å². The zero-order valence-electron chi connectivity index (χ0n) is 20.3. The van der Waals surface area contributed by atoms with Crippen LogP contribution in [0.5, 0.6) is 0 Å². The maximum absolute atomic E-state index is 15.7. The third-order valence-electron chi connectivity index (χ3n) is 7.43. The number of anilines is 1. The van der Waals surface area contributed by atoms with E-state index in [9.17, 15) is 4.79 Å². The van der Waals surface area contributed by atoms with E-state index in [0.717, 1.165) is 55.2 Å². The van der Waals surface area contributed by atoms with E-state index in [1.165, 1.54) is 6.08 Å². The van der Waals surface area contributed by atoms with E-state index in [-0.39, 0.29) is 18.0 Å². The van der Waals surface area contributed by atoms with Crippen molar-refractivity contribution < 1.29 is 9.18 Å². The number of para-hydroxylation sites is 1. The van der Waals surface area contributed by atoms with Gasteiger partial charge in [0.25, 0.3) is 0 Å². The zero-order chi connectivity index (χ0) is 25.1. The molecular formula is C27H32ClFN6O. The summed E-state index contributed by atoms with van der Waals surface area (Å²) < 4.78 is 15.7. The minimum Gasteiger partial charge on any atom is -0.360 e. The van der Waals surface area contributed by atoms with Gasteiger partial charge in [0.15, 0.2) is 0 Å². The second-order valence-electron chi connectivity index (χ2n) is 9.97. The molecule has 1 saturated carbocycles. The molecule has 3 aromatic rings. The number of piperidine rings is 1. The quantitative estimate of drug-likeness (QED) is 0.385. The molecule has 3 N–H and O–H groups in total. The number of aromatic nitrogens is 3. The van der Waals surface area contributed by atoms with Crippen molar-refractivity contribution in [1.29, 1.82) is 0 Å². The summed E-state index contributed by atoms with van der Waals surface area (Å²) in [6, 6.07) is 8.29. The molecular weight excluding hydrogens is 479 g/mol. The maximum Gasteiger partial charge on any atom is 0.243 e. The van der Waals surface area contributed by atoms with E-state index >= 15 is 4.39 Å². The van der Waals surface area contributed by atoms with Gasteiger partial charge in [-0.25, -0.2) is 14.4 Å². The van der Waals surface area contributed by atoms with Gasteiger partial charge in [0, 0.05) is 54.4 Å². The van der Waals surface area contributed by atoms with Crippen LogP contribution in [0.25, 0.3) is 22.2 Å². The number of hydrogen-bond donors (Lipinski definition) is 3. The van der Waals surface area contributed by atoms with Crippen LogP contribution < -0.4 is 10.6 Å². The third kappa shape index (κ3) is 5.55. The predicted octanol–water partition coefficient (Wildman–Crippen LogP) is 5.11. The van der Waals surface area contributed by atoms with Gasteiger partial charge in [-0.3, -0.25) is 4.79 Å². The highest BCUT2D eigenvalue weighted by Crippen LogP contribution is 2.36. The van der Waals surface area contributed by atoms with Crippen LogP contribution in [0.1, 0.15) is 38.5 Å².